The Morgan fingerprint density at radius 1 is 1.05 bits per heavy atom. The number of nitrogens with one attached hydrogen (secondary N) is 1. The normalized spacial score (nSPS) is 12.1. The van der Waals surface area contributed by atoms with E-state index in [2.05, 4.69) is 33.0 Å². The molecule has 0 aromatic carbocycles. The van der Waals surface area contributed by atoms with Gasteiger partial charge in [0.15, 0.2) is 0 Å². The molecule has 0 aromatic heterocycles. The molecule has 2 N–H and O–H groups in total. The lowest BCUT2D eigenvalue weighted by Gasteiger charge is -2.31. The standard InChI is InChI=1S/C13H26BNO.C5H12O/c1-10(2)7-8-15-11(16)12(3,4)9-13(5,6)14;1-5(2)3-4-6/h10H,7-9H2,1-6H3,(H,15,16);5-6H,3-4H2,1-2H3. The molecule has 0 aromatic rings. The van der Waals surface area contributed by atoms with Gasteiger partial charge in [0.05, 0.1) is 7.85 Å². The second-order valence-electron chi connectivity index (χ2n) is 8.39. The van der Waals surface area contributed by atoms with E-state index in [4.69, 9.17) is 13.0 Å². The molecule has 0 bridgehead atoms. The minimum absolute atomic E-state index is 0.103. The number of carbonyl (C=O) groups is 1. The molecule has 0 rings (SSSR count). The van der Waals surface area contributed by atoms with E-state index in [1.54, 1.807) is 0 Å². The summed E-state index contributed by atoms with van der Waals surface area (Å²) in [6, 6.07) is 0. The maximum absolute atomic E-state index is 12.0. The highest BCUT2D eigenvalue weighted by Gasteiger charge is 2.31. The van der Waals surface area contributed by atoms with Crippen molar-refractivity contribution in [2.75, 3.05) is 13.2 Å². The van der Waals surface area contributed by atoms with Crippen LogP contribution in [0.3, 0.4) is 0 Å². The molecule has 2 radical (unpaired) electrons. The number of hydrogen-bond acceptors (Lipinski definition) is 2. The van der Waals surface area contributed by atoms with Crippen LogP contribution in [-0.2, 0) is 4.79 Å². The Labute approximate surface area is 140 Å². The Morgan fingerprint density at radius 2 is 1.50 bits per heavy atom. The van der Waals surface area contributed by atoms with Gasteiger partial charge in [-0.1, -0.05) is 60.7 Å². The third kappa shape index (κ3) is 15.9. The van der Waals surface area contributed by atoms with E-state index >= 15 is 0 Å². The van der Waals surface area contributed by atoms with Crippen LogP contribution in [0.2, 0.25) is 5.31 Å². The van der Waals surface area contributed by atoms with Gasteiger partial charge in [0.1, 0.15) is 0 Å². The van der Waals surface area contributed by atoms with Gasteiger partial charge in [-0.3, -0.25) is 4.79 Å². The van der Waals surface area contributed by atoms with Gasteiger partial charge >= 0.3 is 0 Å². The van der Waals surface area contributed by atoms with Gasteiger partial charge in [0.25, 0.3) is 0 Å². The fraction of sp³-hybridized carbons (Fsp3) is 0.944. The summed E-state index contributed by atoms with van der Waals surface area (Å²) < 4.78 is 0. The van der Waals surface area contributed by atoms with Gasteiger partial charge in [-0.25, -0.2) is 0 Å². The van der Waals surface area contributed by atoms with Crippen LogP contribution in [0.5, 0.6) is 0 Å². The average molecular weight is 311 g/mol. The molecule has 130 valence electrons. The first kappa shape index (κ1) is 23.8. The van der Waals surface area contributed by atoms with Crippen LogP contribution in [0.15, 0.2) is 0 Å². The van der Waals surface area contributed by atoms with Crippen molar-refractivity contribution >= 4 is 13.8 Å². The SMILES string of the molecule is CC(C)CCO.[B]C(C)(C)CC(C)(C)C(=O)NCCC(C)C. The van der Waals surface area contributed by atoms with Crippen molar-refractivity contribution < 1.29 is 9.90 Å². The molecule has 0 fully saturated rings. The monoisotopic (exact) mass is 311 g/mol. The molecule has 0 aliphatic rings. The molecule has 0 heterocycles. The summed E-state index contributed by atoms with van der Waals surface area (Å²) in [5.41, 5.74) is -0.394. The molecule has 22 heavy (non-hydrogen) atoms. The van der Waals surface area contributed by atoms with Crippen LogP contribution in [-0.4, -0.2) is 32.0 Å². The van der Waals surface area contributed by atoms with E-state index in [1.807, 2.05) is 27.7 Å². The lowest BCUT2D eigenvalue weighted by molar-refractivity contribution is -0.130. The molecular weight excluding hydrogens is 273 g/mol. The molecule has 4 heteroatoms. The zero-order valence-corrected chi connectivity index (χ0v) is 16.1. The number of hydrogen-bond donors (Lipinski definition) is 2. The molecule has 1 amide bonds. The molecular formula is C18H38BNO2. The fourth-order valence-electron chi connectivity index (χ4n) is 2.19. The number of aliphatic hydroxyl groups is 1. The molecule has 0 unspecified atom stereocenters. The predicted molar refractivity (Wildman–Crippen MR) is 97.2 cm³/mol. The fourth-order valence-corrected chi connectivity index (χ4v) is 2.19. The van der Waals surface area contributed by atoms with Crippen molar-refractivity contribution in [1.29, 1.82) is 0 Å². The predicted octanol–water partition coefficient (Wildman–Crippen LogP) is 3.96. The molecule has 0 aliphatic carbocycles. The minimum atomic E-state index is -0.394. The van der Waals surface area contributed by atoms with Crippen molar-refractivity contribution in [3.63, 3.8) is 0 Å². The van der Waals surface area contributed by atoms with Gasteiger partial charge in [-0.15, -0.1) is 0 Å². The molecule has 0 saturated carbocycles. The van der Waals surface area contributed by atoms with Crippen LogP contribution in [0, 0.1) is 17.3 Å². The Kier molecular flexibility index (Phi) is 12.0. The summed E-state index contributed by atoms with van der Waals surface area (Å²) in [6.07, 6.45) is 2.64. The summed E-state index contributed by atoms with van der Waals surface area (Å²) in [6.45, 7) is 17.4. The van der Waals surface area contributed by atoms with E-state index in [1.165, 1.54) is 0 Å². The van der Waals surface area contributed by atoms with E-state index in [9.17, 15) is 4.79 Å². The van der Waals surface area contributed by atoms with Gasteiger partial charge < -0.3 is 10.4 Å². The summed E-state index contributed by atoms with van der Waals surface area (Å²) in [7, 11) is 5.96. The van der Waals surface area contributed by atoms with Crippen molar-refractivity contribution in [3.8, 4) is 0 Å². The van der Waals surface area contributed by atoms with Crippen molar-refractivity contribution in [3.05, 3.63) is 0 Å². The maximum Gasteiger partial charge on any atom is 0.225 e. The van der Waals surface area contributed by atoms with E-state index in [-0.39, 0.29) is 11.2 Å². The van der Waals surface area contributed by atoms with Gasteiger partial charge in [-0.05, 0) is 31.1 Å². The average Bonchev–Trinajstić information content (AvgIpc) is 2.25. The Morgan fingerprint density at radius 3 is 1.77 bits per heavy atom. The lowest BCUT2D eigenvalue weighted by atomic mass is 9.63. The second kappa shape index (κ2) is 11.1. The van der Waals surface area contributed by atoms with Crippen molar-refractivity contribution in [2.24, 2.45) is 17.3 Å². The number of aliphatic hydroxyl groups excluding tert-OH is 1. The lowest BCUT2D eigenvalue weighted by Crippen LogP contribution is -2.39. The zero-order valence-electron chi connectivity index (χ0n) is 16.1. The maximum atomic E-state index is 12.0. The van der Waals surface area contributed by atoms with E-state index in [0.29, 0.717) is 24.9 Å². The number of amides is 1. The van der Waals surface area contributed by atoms with Crippen molar-refractivity contribution in [2.45, 2.75) is 80.0 Å². The molecule has 3 nitrogen and oxygen atoms in total. The van der Waals surface area contributed by atoms with Crippen LogP contribution in [0.4, 0.5) is 0 Å². The highest BCUT2D eigenvalue weighted by Crippen LogP contribution is 2.36. The minimum Gasteiger partial charge on any atom is -0.396 e. The molecule has 0 saturated heterocycles. The Hall–Kier alpha value is -0.505. The Balaban J connectivity index is 0. The third-order valence-corrected chi connectivity index (χ3v) is 3.23. The first-order valence-electron chi connectivity index (χ1n) is 8.50. The van der Waals surface area contributed by atoms with Crippen LogP contribution >= 0.6 is 0 Å². The largest absolute Gasteiger partial charge is 0.396 e. The third-order valence-electron chi connectivity index (χ3n) is 3.23. The quantitative estimate of drug-likeness (QED) is 0.667. The van der Waals surface area contributed by atoms with E-state index < -0.39 is 5.41 Å². The van der Waals surface area contributed by atoms with Crippen LogP contribution < -0.4 is 5.32 Å². The van der Waals surface area contributed by atoms with Gasteiger partial charge in [0, 0.05) is 18.6 Å². The molecule has 0 aliphatic heterocycles. The highest BCUT2D eigenvalue weighted by atomic mass is 16.3. The topological polar surface area (TPSA) is 49.3 Å². The first-order valence-corrected chi connectivity index (χ1v) is 8.50. The summed E-state index contributed by atoms with van der Waals surface area (Å²) in [5, 5.41) is 10.9. The smallest absolute Gasteiger partial charge is 0.225 e. The van der Waals surface area contributed by atoms with E-state index in [0.717, 1.165) is 19.4 Å². The summed E-state index contributed by atoms with van der Waals surface area (Å²) in [5.74, 6) is 1.37. The Bertz CT molecular complexity index is 294. The molecule has 0 atom stereocenters. The molecule has 0 spiro atoms. The highest BCUT2D eigenvalue weighted by molar-refractivity contribution is 6.14. The summed E-state index contributed by atoms with van der Waals surface area (Å²) >= 11 is 0. The summed E-state index contributed by atoms with van der Waals surface area (Å²) in [4.78, 5) is 12.0. The van der Waals surface area contributed by atoms with Gasteiger partial charge in [-0.2, -0.15) is 0 Å². The first-order chi connectivity index (χ1) is 9.81. The number of rotatable bonds is 8. The van der Waals surface area contributed by atoms with Crippen molar-refractivity contribution in [1.82, 2.24) is 5.32 Å². The zero-order chi connectivity index (χ0) is 18.0. The number of carbonyl (C=O) groups excluding carboxylic acids is 1. The van der Waals surface area contributed by atoms with Gasteiger partial charge in [0.2, 0.25) is 5.91 Å². The van der Waals surface area contributed by atoms with Crippen LogP contribution in [0.25, 0.3) is 0 Å². The van der Waals surface area contributed by atoms with Crippen LogP contribution in [0.1, 0.15) is 74.7 Å². The second-order valence-corrected chi connectivity index (χ2v) is 8.39.